The Morgan fingerprint density at radius 1 is 1.13 bits per heavy atom. The summed E-state index contributed by atoms with van der Waals surface area (Å²) in [4.78, 5) is 8.52. The van der Waals surface area contributed by atoms with Gasteiger partial charge in [-0.15, -0.1) is 0 Å². The zero-order chi connectivity index (χ0) is 16.2. The van der Waals surface area contributed by atoms with Crippen LogP contribution < -0.4 is 10.6 Å². The molecular weight excluding hydrogens is 314 g/mol. The second-order valence-corrected chi connectivity index (χ2v) is 5.19. The molecule has 0 amide bonds. The Bertz CT molecular complexity index is 882. The van der Waals surface area contributed by atoms with E-state index in [2.05, 4.69) is 30.8 Å². The molecule has 3 rings (SSSR count). The molecule has 0 radical (unpaired) electrons. The zero-order valence-electron chi connectivity index (χ0n) is 12.1. The molecule has 0 atom stereocenters. The van der Waals surface area contributed by atoms with Crippen LogP contribution in [0.1, 0.15) is 11.3 Å². The van der Waals surface area contributed by atoms with E-state index in [0.29, 0.717) is 33.7 Å². The van der Waals surface area contributed by atoms with E-state index < -0.39 is 0 Å². The molecular formula is C15H12ClN7. The number of hydrogen-bond acceptors (Lipinski definition) is 6. The van der Waals surface area contributed by atoms with E-state index >= 15 is 0 Å². The van der Waals surface area contributed by atoms with E-state index in [0.717, 1.165) is 5.69 Å². The molecule has 0 bridgehead atoms. The van der Waals surface area contributed by atoms with Crippen LogP contribution in [-0.4, -0.2) is 20.2 Å². The lowest BCUT2D eigenvalue weighted by Gasteiger charge is -2.08. The monoisotopic (exact) mass is 325 g/mol. The molecule has 1 aromatic carbocycles. The Kier molecular flexibility index (Phi) is 4.08. The highest BCUT2D eigenvalue weighted by atomic mass is 35.5. The molecule has 23 heavy (non-hydrogen) atoms. The molecule has 8 heteroatoms. The third kappa shape index (κ3) is 3.56. The predicted octanol–water partition coefficient (Wildman–Crippen LogP) is 3.52. The van der Waals surface area contributed by atoms with Crippen LogP contribution in [0.5, 0.6) is 0 Å². The number of nitrogens with zero attached hydrogens (tertiary/aromatic N) is 4. The highest BCUT2D eigenvalue weighted by Gasteiger charge is 2.05. The molecule has 0 saturated heterocycles. The number of halogens is 1. The van der Waals surface area contributed by atoms with Crippen LogP contribution >= 0.6 is 11.6 Å². The van der Waals surface area contributed by atoms with Crippen molar-refractivity contribution in [1.82, 2.24) is 20.2 Å². The van der Waals surface area contributed by atoms with Crippen molar-refractivity contribution in [3.05, 3.63) is 52.9 Å². The first-order chi connectivity index (χ1) is 11.1. The van der Waals surface area contributed by atoms with Gasteiger partial charge in [0.15, 0.2) is 17.5 Å². The smallest absolute Gasteiger partial charge is 0.153 e. The number of nitriles is 1. The van der Waals surface area contributed by atoms with E-state index in [9.17, 15) is 0 Å². The van der Waals surface area contributed by atoms with Crippen LogP contribution in [0.4, 0.5) is 23.1 Å². The summed E-state index contributed by atoms with van der Waals surface area (Å²) in [6.45, 7) is 1.91. The maximum atomic E-state index is 9.01. The number of hydrogen-bond donors (Lipinski definition) is 3. The zero-order valence-corrected chi connectivity index (χ0v) is 12.9. The molecule has 2 heterocycles. The van der Waals surface area contributed by atoms with Gasteiger partial charge in [0, 0.05) is 17.4 Å². The van der Waals surface area contributed by atoms with Crippen LogP contribution in [-0.2, 0) is 0 Å². The average molecular weight is 326 g/mol. The molecule has 3 aromatic rings. The summed E-state index contributed by atoms with van der Waals surface area (Å²) in [5.74, 6) is 1.75. The molecule has 0 unspecified atom stereocenters. The lowest BCUT2D eigenvalue weighted by molar-refractivity contribution is 1.05. The fourth-order valence-corrected chi connectivity index (χ4v) is 2.10. The van der Waals surface area contributed by atoms with Gasteiger partial charge in [0.2, 0.25) is 0 Å². The average Bonchev–Trinajstić information content (AvgIpc) is 2.94. The van der Waals surface area contributed by atoms with Gasteiger partial charge in [-0.05, 0) is 25.1 Å². The molecule has 3 N–H and O–H groups in total. The first kappa shape index (κ1) is 14.8. The van der Waals surface area contributed by atoms with E-state index in [4.69, 9.17) is 16.9 Å². The van der Waals surface area contributed by atoms with Crippen molar-refractivity contribution < 1.29 is 0 Å². The largest absolute Gasteiger partial charge is 0.339 e. The number of nitrogens with one attached hydrogen (secondary N) is 3. The van der Waals surface area contributed by atoms with Gasteiger partial charge in [-0.25, -0.2) is 4.98 Å². The van der Waals surface area contributed by atoms with Gasteiger partial charge in [0.05, 0.1) is 23.0 Å². The lowest BCUT2D eigenvalue weighted by Crippen LogP contribution is -1.99. The molecule has 0 aliphatic carbocycles. The molecule has 114 valence electrons. The maximum absolute atomic E-state index is 9.01. The van der Waals surface area contributed by atoms with Crippen LogP contribution in [0.25, 0.3) is 0 Å². The minimum Gasteiger partial charge on any atom is -0.339 e. The van der Waals surface area contributed by atoms with Crippen LogP contribution in [0, 0.1) is 18.3 Å². The second kappa shape index (κ2) is 6.34. The van der Waals surface area contributed by atoms with Crippen molar-refractivity contribution in [3.63, 3.8) is 0 Å². The topological polar surface area (TPSA) is 102 Å². The van der Waals surface area contributed by atoms with E-state index in [1.165, 1.54) is 0 Å². The first-order valence-corrected chi connectivity index (χ1v) is 7.09. The standard InChI is InChI=1S/C15H12ClN7/c1-9-4-13(23-22-9)20-15-8-18-7-14(21-15)19-11-2-3-12(16)10(5-11)6-17/h2-5,7-8H,1H3,(H3,19,20,21,22,23). The van der Waals surface area contributed by atoms with Crippen molar-refractivity contribution in [2.75, 3.05) is 10.6 Å². The molecule has 0 spiro atoms. The molecule has 0 saturated carbocycles. The Balaban J connectivity index is 1.79. The van der Waals surface area contributed by atoms with Gasteiger partial charge >= 0.3 is 0 Å². The number of anilines is 4. The minimum absolute atomic E-state index is 0.394. The predicted molar refractivity (Wildman–Crippen MR) is 88.1 cm³/mol. The van der Waals surface area contributed by atoms with E-state index in [-0.39, 0.29) is 0 Å². The van der Waals surface area contributed by atoms with Crippen molar-refractivity contribution in [2.45, 2.75) is 6.92 Å². The summed E-state index contributed by atoms with van der Waals surface area (Å²) in [6, 6.07) is 8.97. The fraction of sp³-hybridized carbons (Fsp3) is 0.0667. The van der Waals surface area contributed by atoms with Gasteiger partial charge in [0.25, 0.3) is 0 Å². The fourth-order valence-electron chi connectivity index (χ4n) is 1.94. The molecule has 7 nitrogen and oxygen atoms in total. The van der Waals surface area contributed by atoms with E-state index in [1.54, 1.807) is 30.6 Å². The SMILES string of the molecule is Cc1cc(Nc2cncc(Nc3ccc(Cl)c(C#N)c3)n2)n[nH]1. The van der Waals surface area contributed by atoms with Gasteiger partial charge < -0.3 is 10.6 Å². The van der Waals surface area contributed by atoms with E-state index in [1.807, 2.05) is 19.1 Å². The Labute approximate surface area is 137 Å². The Morgan fingerprint density at radius 3 is 2.61 bits per heavy atom. The van der Waals surface area contributed by atoms with Crippen molar-refractivity contribution in [2.24, 2.45) is 0 Å². The maximum Gasteiger partial charge on any atom is 0.153 e. The van der Waals surface area contributed by atoms with Crippen LogP contribution in [0.2, 0.25) is 5.02 Å². The lowest BCUT2D eigenvalue weighted by atomic mass is 10.2. The van der Waals surface area contributed by atoms with Crippen LogP contribution in [0.3, 0.4) is 0 Å². The number of rotatable bonds is 4. The molecule has 0 fully saturated rings. The third-order valence-electron chi connectivity index (χ3n) is 2.96. The molecule has 0 aliphatic rings. The normalized spacial score (nSPS) is 10.1. The van der Waals surface area contributed by atoms with Gasteiger partial charge in [-0.1, -0.05) is 11.6 Å². The summed E-state index contributed by atoms with van der Waals surface area (Å²) >= 11 is 5.92. The Hall–Kier alpha value is -3.11. The molecule has 2 aromatic heterocycles. The number of benzene rings is 1. The third-order valence-corrected chi connectivity index (χ3v) is 3.29. The van der Waals surface area contributed by atoms with Crippen molar-refractivity contribution in [1.29, 1.82) is 5.26 Å². The Morgan fingerprint density at radius 2 is 1.91 bits per heavy atom. The summed E-state index contributed by atoms with van der Waals surface area (Å²) in [6.07, 6.45) is 3.18. The first-order valence-electron chi connectivity index (χ1n) is 6.72. The summed E-state index contributed by atoms with van der Waals surface area (Å²) in [5, 5.41) is 22.5. The number of aromatic amines is 1. The second-order valence-electron chi connectivity index (χ2n) is 4.78. The van der Waals surface area contributed by atoms with Gasteiger partial charge in [-0.2, -0.15) is 10.4 Å². The summed E-state index contributed by atoms with van der Waals surface area (Å²) < 4.78 is 0. The highest BCUT2D eigenvalue weighted by molar-refractivity contribution is 6.31. The quantitative estimate of drug-likeness (QED) is 0.678. The molecule has 0 aliphatic heterocycles. The summed E-state index contributed by atoms with van der Waals surface area (Å²) in [5.41, 5.74) is 2.04. The summed E-state index contributed by atoms with van der Waals surface area (Å²) in [7, 11) is 0. The van der Waals surface area contributed by atoms with Crippen molar-refractivity contribution in [3.8, 4) is 6.07 Å². The van der Waals surface area contributed by atoms with Gasteiger partial charge in [0.1, 0.15) is 6.07 Å². The number of aromatic nitrogens is 4. The number of aryl methyl sites for hydroxylation is 1. The van der Waals surface area contributed by atoms with Crippen LogP contribution in [0.15, 0.2) is 36.7 Å². The highest BCUT2D eigenvalue weighted by Crippen LogP contribution is 2.22. The minimum atomic E-state index is 0.394. The van der Waals surface area contributed by atoms with Gasteiger partial charge in [-0.3, -0.25) is 10.1 Å². The van der Waals surface area contributed by atoms with Crippen molar-refractivity contribution >= 4 is 34.7 Å². The number of H-pyrrole nitrogens is 1.